The van der Waals surface area contributed by atoms with Crippen LogP contribution in [0.4, 0.5) is 0 Å². The number of aryl methyl sites for hydroxylation is 1. The Morgan fingerprint density at radius 2 is 2.45 bits per heavy atom. The second kappa shape index (κ2) is 5.25. The van der Waals surface area contributed by atoms with Gasteiger partial charge in [-0.25, -0.2) is 9.78 Å². The molecule has 0 amide bonds. The summed E-state index contributed by atoms with van der Waals surface area (Å²) < 4.78 is 6.86. The molecule has 0 saturated carbocycles. The first kappa shape index (κ1) is 12.5. The number of rotatable bonds is 4. The average molecular weight is 289 g/mol. The van der Waals surface area contributed by atoms with E-state index in [1.165, 1.54) is 17.5 Å². The van der Waals surface area contributed by atoms with Gasteiger partial charge in [0.2, 0.25) is 0 Å². The number of nitrogens with zero attached hydrogens (tertiary/aromatic N) is 4. The number of aromatic nitrogens is 5. The molecule has 8 heteroatoms. The van der Waals surface area contributed by atoms with E-state index in [1.54, 1.807) is 16.9 Å². The van der Waals surface area contributed by atoms with Gasteiger partial charge in [-0.1, -0.05) is 0 Å². The minimum absolute atomic E-state index is 0.134. The van der Waals surface area contributed by atoms with Gasteiger partial charge in [-0.15, -0.1) is 11.3 Å². The first-order chi connectivity index (χ1) is 9.72. The number of aromatic amines is 1. The molecule has 3 aromatic heterocycles. The number of ether oxygens (including phenoxy) is 1. The van der Waals surface area contributed by atoms with E-state index in [4.69, 9.17) is 4.74 Å². The fourth-order valence-corrected chi connectivity index (χ4v) is 2.40. The minimum atomic E-state index is -0.446. The molecule has 0 aromatic carbocycles. The highest BCUT2D eigenvalue weighted by molar-refractivity contribution is 7.13. The number of hydrogen-bond acceptors (Lipinski definition) is 6. The second-order valence-electron chi connectivity index (χ2n) is 4.09. The van der Waals surface area contributed by atoms with Crippen LogP contribution in [-0.2, 0) is 18.4 Å². The van der Waals surface area contributed by atoms with Gasteiger partial charge in [0.05, 0.1) is 11.9 Å². The third-order valence-electron chi connectivity index (χ3n) is 2.58. The predicted octanol–water partition coefficient (Wildman–Crippen LogP) is 1.62. The van der Waals surface area contributed by atoms with E-state index in [2.05, 4.69) is 20.3 Å². The molecule has 0 fully saturated rings. The van der Waals surface area contributed by atoms with Crippen LogP contribution in [-0.4, -0.2) is 30.9 Å². The van der Waals surface area contributed by atoms with E-state index in [0.717, 1.165) is 10.6 Å². The molecule has 0 aliphatic heterocycles. The molecule has 7 nitrogen and oxygen atoms in total. The molecular weight excluding hydrogens is 278 g/mol. The topological polar surface area (TPSA) is 85.7 Å². The quantitative estimate of drug-likeness (QED) is 0.738. The van der Waals surface area contributed by atoms with E-state index >= 15 is 0 Å². The molecule has 20 heavy (non-hydrogen) atoms. The Hall–Kier alpha value is -2.48. The number of carbonyl (C=O) groups excluding carboxylic acids is 1. The van der Waals surface area contributed by atoms with E-state index in [1.807, 2.05) is 18.6 Å². The Balaban J connectivity index is 1.64. The number of nitrogens with one attached hydrogen (secondary N) is 1. The monoisotopic (exact) mass is 289 g/mol. The summed E-state index contributed by atoms with van der Waals surface area (Å²) in [6, 6.07) is 1.56. The molecular formula is C12H11N5O2S. The van der Waals surface area contributed by atoms with Crippen LogP contribution in [0.2, 0.25) is 0 Å². The van der Waals surface area contributed by atoms with Gasteiger partial charge in [0.25, 0.3) is 0 Å². The Morgan fingerprint density at radius 3 is 3.15 bits per heavy atom. The lowest BCUT2D eigenvalue weighted by molar-refractivity contribution is 0.0461. The van der Waals surface area contributed by atoms with Gasteiger partial charge in [-0.05, 0) is 6.07 Å². The highest BCUT2D eigenvalue weighted by atomic mass is 32.1. The third kappa shape index (κ3) is 2.59. The van der Waals surface area contributed by atoms with Crippen molar-refractivity contribution >= 4 is 17.3 Å². The zero-order chi connectivity index (χ0) is 13.9. The molecule has 3 rings (SSSR count). The van der Waals surface area contributed by atoms with Crippen molar-refractivity contribution in [3.8, 4) is 10.6 Å². The van der Waals surface area contributed by atoms with Crippen molar-refractivity contribution in [3.05, 3.63) is 41.4 Å². The fourth-order valence-electron chi connectivity index (χ4n) is 1.62. The minimum Gasteiger partial charge on any atom is -0.454 e. The predicted molar refractivity (Wildman–Crippen MR) is 72.0 cm³/mol. The molecule has 0 aliphatic rings. The van der Waals surface area contributed by atoms with Crippen LogP contribution >= 0.6 is 11.3 Å². The molecule has 0 saturated heterocycles. The highest BCUT2D eigenvalue weighted by Crippen LogP contribution is 2.23. The molecule has 1 N–H and O–H groups in total. The van der Waals surface area contributed by atoms with Crippen LogP contribution in [0.1, 0.15) is 16.2 Å². The summed E-state index contributed by atoms with van der Waals surface area (Å²) >= 11 is 1.49. The maximum absolute atomic E-state index is 11.6. The van der Waals surface area contributed by atoms with Crippen molar-refractivity contribution in [2.45, 2.75) is 6.61 Å². The zero-order valence-electron chi connectivity index (χ0n) is 10.6. The summed E-state index contributed by atoms with van der Waals surface area (Å²) in [4.78, 5) is 16.0. The van der Waals surface area contributed by atoms with Crippen molar-refractivity contribution in [2.24, 2.45) is 7.05 Å². The lowest BCUT2D eigenvalue weighted by Gasteiger charge is -1.99. The van der Waals surface area contributed by atoms with Crippen LogP contribution in [0, 0.1) is 0 Å². The van der Waals surface area contributed by atoms with Crippen LogP contribution in [0.3, 0.4) is 0 Å². The molecule has 102 valence electrons. The lowest BCUT2D eigenvalue weighted by Crippen LogP contribution is -2.05. The standard InChI is InChI=1S/C12H11N5O2S/c1-17-5-8(4-14-17)11-15-9(7-20-11)6-19-12(18)10-2-3-13-16-10/h2-5,7H,6H2,1H3,(H,13,16). The highest BCUT2D eigenvalue weighted by Gasteiger charge is 2.11. The van der Waals surface area contributed by atoms with Crippen molar-refractivity contribution in [3.63, 3.8) is 0 Å². The van der Waals surface area contributed by atoms with Crippen LogP contribution < -0.4 is 0 Å². The Kier molecular flexibility index (Phi) is 3.30. The Bertz CT molecular complexity index is 716. The Morgan fingerprint density at radius 1 is 1.55 bits per heavy atom. The van der Waals surface area contributed by atoms with E-state index in [0.29, 0.717) is 11.4 Å². The number of H-pyrrole nitrogens is 1. The molecule has 0 radical (unpaired) electrons. The third-order valence-corrected chi connectivity index (χ3v) is 3.52. The number of carbonyl (C=O) groups is 1. The summed E-state index contributed by atoms with van der Waals surface area (Å²) in [7, 11) is 1.85. The molecule has 0 aliphatic carbocycles. The van der Waals surface area contributed by atoms with E-state index < -0.39 is 5.97 Å². The van der Waals surface area contributed by atoms with Gasteiger partial charge in [-0.2, -0.15) is 10.2 Å². The van der Waals surface area contributed by atoms with Crippen molar-refractivity contribution in [1.29, 1.82) is 0 Å². The van der Waals surface area contributed by atoms with E-state index in [9.17, 15) is 4.79 Å². The summed E-state index contributed by atoms with van der Waals surface area (Å²) in [5.41, 5.74) is 1.98. The smallest absolute Gasteiger partial charge is 0.356 e. The first-order valence-corrected chi connectivity index (χ1v) is 6.70. The van der Waals surface area contributed by atoms with Gasteiger partial charge >= 0.3 is 5.97 Å². The summed E-state index contributed by atoms with van der Waals surface area (Å²) in [5, 5.41) is 13.1. The van der Waals surface area contributed by atoms with Crippen molar-refractivity contribution in [1.82, 2.24) is 25.0 Å². The van der Waals surface area contributed by atoms with E-state index in [-0.39, 0.29) is 6.61 Å². The lowest BCUT2D eigenvalue weighted by atomic mass is 10.4. The molecule has 0 bridgehead atoms. The fraction of sp³-hybridized carbons (Fsp3) is 0.167. The van der Waals surface area contributed by atoms with Gasteiger partial charge < -0.3 is 4.74 Å². The molecule has 0 atom stereocenters. The normalized spacial score (nSPS) is 10.7. The van der Waals surface area contributed by atoms with Crippen molar-refractivity contribution in [2.75, 3.05) is 0 Å². The molecule has 0 unspecified atom stereocenters. The van der Waals surface area contributed by atoms with Gasteiger partial charge in [0.1, 0.15) is 17.3 Å². The average Bonchev–Trinajstić information content (AvgIpc) is 3.16. The maximum Gasteiger partial charge on any atom is 0.356 e. The van der Waals surface area contributed by atoms with Crippen LogP contribution in [0.15, 0.2) is 30.0 Å². The van der Waals surface area contributed by atoms with Gasteiger partial charge in [-0.3, -0.25) is 9.78 Å². The van der Waals surface area contributed by atoms with Gasteiger partial charge in [0, 0.05) is 30.4 Å². The number of esters is 1. The summed E-state index contributed by atoms with van der Waals surface area (Å²) in [6.45, 7) is 0.134. The van der Waals surface area contributed by atoms with Crippen LogP contribution in [0.5, 0.6) is 0 Å². The largest absolute Gasteiger partial charge is 0.454 e. The Labute approximate surface area is 118 Å². The molecule has 0 spiro atoms. The summed E-state index contributed by atoms with van der Waals surface area (Å²) in [6.07, 6.45) is 5.14. The number of hydrogen-bond donors (Lipinski definition) is 1. The van der Waals surface area contributed by atoms with Crippen molar-refractivity contribution < 1.29 is 9.53 Å². The maximum atomic E-state index is 11.6. The first-order valence-electron chi connectivity index (χ1n) is 5.82. The molecule has 3 aromatic rings. The number of thiazole rings is 1. The second-order valence-corrected chi connectivity index (χ2v) is 4.95. The summed E-state index contributed by atoms with van der Waals surface area (Å²) in [5.74, 6) is -0.446. The SMILES string of the molecule is Cn1cc(-c2nc(COC(=O)c3ccn[nH]3)cs2)cn1. The van der Waals surface area contributed by atoms with Gasteiger partial charge in [0.15, 0.2) is 0 Å². The van der Waals surface area contributed by atoms with Crippen LogP contribution in [0.25, 0.3) is 10.6 Å². The molecule has 3 heterocycles. The zero-order valence-corrected chi connectivity index (χ0v) is 11.4.